The molecule has 55 heavy (non-hydrogen) atoms. The number of amides is 2. The van der Waals surface area contributed by atoms with Crippen LogP contribution in [0.3, 0.4) is 0 Å². The van der Waals surface area contributed by atoms with E-state index in [4.69, 9.17) is 64.8 Å². The molecule has 0 unspecified atom stereocenters. The van der Waals surface area contributed by atoms with E-state index in [-0.39, 0.29) is 25.9 Å². The first kappa shape index (κ1) is 45.9. The van der Waals surface area contributed by atoms with E-state index in [1.54, 1.807) is 0 Å². The van der Waals surface area contributed by atoms with E-state index in [0.29, 0.717) is 32.4 Å². The topological polar surface area (TPSA) is 425 Å². The number of hydrogen-bond donors (Lipinski definition) is 16. The molecule has 0 aromatic heterocycles. The molecule has 4 fully saturated rings. The maximum atomic E-state index is 12.7. The third-order valence-electron chi connectivity index (χ3n) is 11.6. The second-order valence-corrected chi connectivity index (χ2v) is 15.4. The predicted molar refractivity (Wildman–Crippen MR) is 195 cm³/mol. The molecule has 2 aliphatic heterocycles. The van der Waals surface area contributed by atoms with Crippen molar-refractivity contribution in [2.45, 2.75) is 142 Å². The van der Waals surface area contributed by atoms with Crippen LogP contribution in [0.15, 0.2) is 0 Å². The Bertz CT molecular complexity index is 1130. The van der Waals surface area contributed by atoms with E-state index in [1.807, 2.05) is 0 Å². The zero-order valence-corrected chi connectivity index (χ0v) is 31.1. The van der Waals surface area contributed by atoms with Crippen LogP contribution in [-0.2, 0) is 28.5 Å². The van der Waals surface area contributed by atoms with E-state index in [0.717, 1.165) is 0 Å². The molecule has 0 aromatic rings. The third kappa shape index (κ3) is 10.8. The van der Waals surface area contributed by atoms with Gasteiger partial charge in [0.2, 0.25) is 11.8 Å². The van der Waals surface area contributed by atoms with Crippen LogP contribution in [0.25, 0.3) is 0 Å². The van der Waals surface area contributed by atoms with Gasteiger partial charge in [-0.05, 0) is 32.1 Å². The summed E-state index contributed by atoms with van der Waals surface area (Å²) in [6.07, 6.45) is -11.4. The largest absolute Gasteiger partial charge is 0.389 e. The fourth-order valence-electron chi connectivity index (χ4n) is 8.37. The van der Waals surface area contributed by atoms with Crippen molar-refractivity contribution in [1.29, 1.82) is 0 Å². The maximum Gasteiger partial charge on any atom is 0.246 e. The number of ether oxygens (including phenoxy) is 4. The highest BCUT2D eigenvalue weighted by molar-refractivity contribution is 5.77. The van der Waals surface area contributed by atoms with Gasteiger partial charge < -0.3 is 106 Å². The number of rotatable bonds is 16. The average molecular weight is 795 g/mol. The summed E-state index contributed by atoms with van der Waals surface area (Å²) in [4.78, 5) is 25.3. The molecule has 4 rings (SSSR count). The van der Waals surface area contributed by atoms with Crippen LogP contribution in [0.1, 0.15) is 32.1 Å². The lowest BCUT2D eigenvalue weighted by molar-refractivity contribution is -0.217. The molecule has 0 bridgehead atoms. The van der Waals surface area contributed by atoms with Crippen molar-refractivity contribution < 1.29 is 59.2 Å². The number of unbranched alkanes of at least 4 members (excludes halogenated alkanes) is 2. The molecule has 22 heteroatoms. The number of carbonyl (C=O) groups excluding carboxylic acids is 2. The Labute approximate surface area is 320 Å². The van der Waals surface area contributed by atoms with Crippen molar-refractivity contribution in [3.05, 3.63) is 0 Å². The number of nitrogens with two attached hydrogens (primary N) is 8. The van der Waals surface area contributed by atoms with E-state index in [9.17, 15) is 40.2 Å². The lowest BCUT2D eigenvalue weighted by Crippen LogP contribution is -2.70. The number of nitrogens with one attached hydrogen (secondary N) is 2. The molecular weight excluding hydrogens is 728 g/mol. The highest BCUT2D eigenvalue weighted by atomic mass is 16.5. The normalized spacial score (nSPS) is 45.2. The minimum absolute atomic E-state index is 0.0964. The minimum Gasteiger partial charge on any atom is -0.389 e. The third-order valence-corrected chi connectivity index (χ3v) is 11.6. The van der Waals surface area contributed by atoms with Gasteiger partial charge in [0.1, 0.15) is 37.6 Å². The SMILES string of the molecule is NC[C@H]1O[C@H]([C@H]2[C@H](OCC(=O)NCCCCCNC(=O)CO[C@@H]3[C@@H](O)[C@H](N)C[C@H](N)[C@H]3[C@H]3O[C@H](CN)[C@@H](O)[C@H](O)[C@H]3N)[C@@H](O)[C@H](N)C[C@@H]2N)[C@H](N)[C@@H](O)[C@@H]1O. The molecular formula is C33H66N10O12. The highest BCUT2D eigenvalue weighted by Crippen LogP contribution is 2.37. The molecule has 4 aliphatic rings. The van der Waals surface area contributed by atoms with Crippen LogP contribution in [0.5, 0.6) is 0 Å². The van der Waals surface area contributed by atoms with Gasteiger partial charge in [0.15, 0.2) is 0 Å². The number of hydrogen-bond acceptors (Lipinski definition) is 20. The van der Waals surface area contributed by atoms with Crippen LogP contribution in [0.2, 0.25) is 0 Å². The van der Waals surface area contributed by atoms with Gasteiger partial charge in [0, 0.05) is 62.2 Å². The predicted octanol–water partition coefficient (Wildman–Crippen LogP) is -9.22. The molecule has 24 N–H and O–H groups in total. The summed E-state index contributed by atoms with van der Waals surface area (Å²) in [5, 5.41) is 69.0. The van der Waals surface area contributed by atoms with Crippen LogP contribution in [0, 0.1) is 11.8 Å². The molecule has 320 valence electrons. The zero-order valence-electron chi connectivity index (χ0n) is 31.1. The second kappa shape index (κ2) is 20.8. The molecule has 0 aromatic carbocycles. The standard InChI is InChI=1S/C33H66N10O12/c34-8-16-26(48)28(50)22(40)30(54-16)20-12(36)6-14(38)24(46)32(20)52-10-18(44)42-4-2-1-3-5-43-19(45)11-53-33-21(13(37)7-15(39)25(33)47)31-23(41)29(51)27(49)17(9-35)55-31/h12-17,20-33,46-51H,1-11,34-41H2,(H,42,44)(H,43,45)/t12-,13-,14+,15+,16+,17+,20-,21-,22+,23+,24-,25-,26+,27+,28+,29+,30+,31+,32-,33-/m0/s1. The summed E-state index contributed by atoms with van der Waals surface area (Å²) < 4.78 is 23.6. The van der Waals surface area contributed by atoms with Crippen molar-refractivity contribution in [3.63, 3.8) is 0 Å². The Morgan fingerprint density at radius 3 is 1.25 bits per heavy atom. The molecule has 0 spiro atoms. The van der Waals surface area contributed by atoms with Crippen LogP contribution >= 0.6 is 0 Å². The summed E-state index contributed by atoms with van der Waals surface area (Å²) >= 11 is 0. The van der Waals surface area contributed by atoms with Gasteiger partial charge in [0.05, 0.1) is 60.9 Å². The number of aliphatic hydroxyl groups excluding tert-OH is 6. The first-order chi connectivity index (χ1) is 26.0. The Balaban J connectivity index is 1.18. The zero-order chi connectivity index (χ0) is 40.7. The Morgan fingerprint density at radius 1 is 0.545 bits per heavy atom. The molecule has 2 saturated heterocycles. The Morgan fingerprint density at radius 2 is 0.909 bits per heavy atom. The van der Waals surface area contributed by atoms with Crippen molar-refractivity contribution in [1.82, 2.24) is 10.6 Å². The summed E-state index contributed by atoms with van der Waals surface area (Å²) in [5.74, 6) is -2.45. The fourth-order valence-corrected chi connectivity index (χ4v) is 8.37. The van der Waals surface area contributed by atoms with E-state index in [2.05, 4.69) is 10.6 Å². The lowest BCUT2D eigenvalue weighted by atomic mass is 9.71. The Kier molecular flexibility index (Phi) is 17.3. The summed E-state index contributed by atoms with van der Waals surface area (Å²) in [5.41, 5.74) is 48.9. The molecule has 0 radical (unpaired) electrons. The lowest BCUT2D eigenvalue weighted by Gasteiger charge is -2.50. The molecule has 2 saturated carbocycles. The van der Waals surface area contributed by atoms with Gasteiger partial charge in [-0.25, -0.2) is 0 Å². The summed E-state index contributed by atoms with van der Waals surface area (Å²) in [7, 11) is 0. The van der Waals surface area contributed by atoms with Gasteiger partial charge in [0.25, 0.3) is 0 Å². The van der Waals surface area contributed by atoms with Gasteiger partial charge in [-0.2, -0.15) is 0 Å². The average Bonchev–Trinajstić information content (AvgIpc) is 3.15. The highest BCUT2D eigenvalue weighted by Gasteiger charge is 2.54. The summed E-state index contributed by atoms with van der Waals surface area (Å²) in [6, 6.07) is -4.95. The maximum absolute atomic E-state index is 12.7. The molecule has 2 heterocycles. The first-order valence-electron chi connectivity index (χ1n) is 19.1. The summed E-state index contributed by atoms with van der Waals surface area (Å²) in [6.45, 7) is -0.443. The van der Waals surface area contributed by atoms with Gasteiger partial charge in [-0.3, -0.25) is 9.59 Å². The van der Waals surface area contributed by atoms with Gasteiger partial charge >= 0.3 is 0 Å². The van der Waals surface area contributed by atoms with Gasteiger partial charge in [-0.15, -0.1) is 0 Å². The van der Waals surface area contributed by atoms with E-state index in [1.165, 1.54) is 0 Å². The number of carbonyl (C=O) groups is 2. The van der Waals surface area contributed by atoms with E-state index >= 15 is 0 Å². The molecule has 22 nitrogen and oxygen atoms in total. The minimum atomic E-state index is -1.36. The molecule has 2 amide bonds. The van der Waals surface area contributed by atoms with Crippen molar-refractivity contribution in [2.75, 3.05) is 39.4 Å². The molecule has 20 atom stereocenters. The Hall–Kier alpha value is -1.78. The first-order valence-corrected chi connectivity index (χ1v) is 19.1. The van der Waals surface area contributed by atoms with Gasteiger partial charge in [-0.1, -0.05) is 0 Å². The smallest absolute Gasteiger partial charge is 0.246 e. The quantitative estimate of drug-likeness (QED) is 0.0645. The van der Waals surface area contributed by atoms with Crippen LogP contribution in [-0.4, -0.2) is 191 Å². The van der Waals surface area contributed by atoms with Crippen molar-refractivity contribution >= 4 is 11.8 Å². The van der Waals surface area contributed by atoms with Crippen LogP contribution in [0.4, 0.5) is 0 Å². The van der Waals surface area contributed by atoms with Crippen molar-refractivity contribution in [2.24, 2.45) is 57.7 Å². The van der Waals surface area contributed by atoms with Crippen LogP contribution < -0.4 is 56.5 Å². The van der Waals surface area contributed by atoms with E-state index < -0.39 is 146 Å². The molecule has 2 aliphatic carbocycles. The second-order valence-electron chi connectivity index (χ2n) is 15.4. The monoisotopic (exact) mass is 794 g/mol. The fraction of sp³-hybridized carbons (Fsp3) is 0.939. The number of aliphatic hydroxyl groups is 6. The van der Waals surface area contributed by atoms with Crippen molar-refractivity contribution in [3.8, 4) is 0 Å².